The van der Waals surface area contributed by atoms with Gasteiger partial charge in [-0.25, -0.2) is 8.42 Å². The van der Waals surface area contributed by atoms with Gasteiger partial charge in [-0.3, -0.25) is 4.79 Å². The van der Waals surface area contributed by atoms with Crippen molar-refractivity contribution >= 4 is 15.9 Å². The van der Waals surface area contributed by atoms with Crippen molar-refractivity contribution in [2.45, 2.75) is 29.8 Å². The predicted octanol–water partition coefficient (Wildman–Crippen LogP) is -0.270. The molecule has 3 N–H and O–H groups in total. The summed E-state index contributed by atoms with van der Waals surface area (Å²) in [6.07, 6.45) is 1.36. The number of hydrogen-bond donors (Lipinski definition) is 2. The quantitative estimate of drug-likeness (QED) is 0.761. The van der Waals surface area contributed by atoms with Gasteiger partial charge in [0.25, 0.3) is 0 Å². The number of amides is 1. The van der Waals surface area contributed by atoms with Crippen LogP contribution in [0.2, 0.25) is 0 Å². The maximum absolute atomic E-state index is 12.9. The van der Waals surface area contributed by atoms with Crippen LogP contribution in [0.3, 0.4) is 0 Å². The second-order valence-corrected chi connectivity index (χ2v) is 8.56. The zero-order valence-corrected chi connectivity index (χ0v) is 14.7. The highest BCUT2D eigenvalue weighted by Gasteiger charge is 2.45. The van der Waals surface area contributed by atoms with Gasteiger partial charge >= 0.3 is 0 Å². The molecule has 0 bridgehead atoms. The van der Waals surface area contributed by atoms with E-state index in [4.69, 9.17) is 5.73 Å². The minimum atomic E-state index is -3.56. The summed E-state index contributed by atoms with van der Waals surface area (Å²) in [7, 11) is -1.58. The Bertz CT molecular complexity index is 723. The van der Waals surface area contributed by atoms with E-state index in [2.05, 4.69) is 10.2 Å². The van der Waals surface area contributed by atoms with Crippen LogP contribution in [-0.2, 0) is 21.4 Å². The Kier molecular flexibility index (Phi) is 4.65. The summed E-state index contributed by atoms with van der Waals surface area (Å²) in [5.74, 6) is -0.214. The van der Waals surface area contributed by atoms with Crippen molar-refractivity contribution in [1.29, 1.82) is 0 Å². The molecular formula is C16H24N4O3S. The third-order valence-corrected chi connectivity index (χ3v) is 6.73. The zero-order valence-electron chi connectivity index (χ0n) is 13.9. The van der Waals surface area contributed by atoms with E-state index in [-0.39, 0.29) is 17.3 Å². The lowest BCUT2D eigenvalue weighted by Crippen LogP contribution is -2.47. The van der Waals surface area contributed by atoms with Gasteiger partial charge in [0.15, 0.2) is 0 Å². The molecule has 0 aromatic heterocycles. The molecule has 3 rings (SSSR count). The van der Waals surface area contributed by atoms with Crippen molar-refractivity contribution in [3.05, 3.63) is 29.8 Å². The number of carbonyl (C=O) groups excluding carboxylic acids is 1. The summed E-state index contributed by atoms with van der Waals surface area (Å²) in [5.41, 5.74) is 5.70. The van der Waals surface area contributed by atoms with E-state index in [1.807, 2.05) is 7.05 Å². The van der Waals surface area contributed by atoms with Crippen LogP contribution in [0.5, 0.6) is 0 Å². The van der Waals surface area contributed by atoms with Crippen LogP contribution < -0.4 is 11.1 Å². The summed E-state index contributed by atoms with van der Waals surface area (Å²) < 4.78 is 27.4. The highest BCUT2D eigenvalue weighted by atomic mass is 32.2. The molecule has 0 atom stereocenters. The van der Waals surface area contributed by atoms with E-state index in [0.29, 0.717) is 44.6 Å². The number of hydrogen-bond acceptors (Lipinski definition) is 5. The van der Waals surface area contributed by atoms with E-state index >= 15 is 0 Å². The summed E-state index contributed by atoms with van der Waals surface area (Å²) >= 11 is 0. The van der Waals surface area contributed by atoms with Crippen LogP contribution >= 0.6 is 0 Å². The number of rotatable bonds is 5. The summed E-state index contributed by atoms with van der Waals surface area (Å²) in [6, 6.07) is 6.82. The SMILES string of the molecule is CN1CCN(S(=O)(=O)c2ccccc2CNC(=O)C2(N)CC2)CC1. The molecule has 0 radical (unpaired) electrons. The molecule has 1 heterocycles. The molecule has 24 heavy (non-hydrogen) atoms. The average molecular weight is 352 g/mol. The molecule has 132 valence electrons. The first kappa shape index (κ1) is 17.3. The van der Waals surface area contributed by atoms with E-state index in [1.54, 1.807) is 24.3 Å². The first-order valence-corrected chi connectivity index (χ1v) is 9.61. The van der Waals surface area contributed by atoms with E-state index in [1.165, 1.54) is 4.31 Å². The minimum Gasteiger partial charge on any atom is -0.350 e. The average Bonchev–Trinajstić information content (AvgIpc) is 3.32. The van der Waals surface area contributed by atoms with E-state index in [9.17, 15) is 13.2 Å². The van der Waals surface area contributed by atoms with Crippen LogP contribution in [0.1, 0.15) is 18.4 Å². The van der Waals surface area contributed by atoms with Gasteiger partial charge in [-0.05, 0) is 31.5 Å². The predicted molar refractivity (Wildman–Crippen MR) is 90.7 cm³/mol. The highest BCUT2D eigenvalue weighted by molar-refractivity contribution is 7.89. The maximum atomic E-state index is 12.9. The molecule has 0 spiro atoms. The molecule has 1 aromatic rings. The number of sulfonamides is 1. The number of nitrogens with zero attached hydrogens (tertiary/aromatic N) is 2. The second kappa shape index (κ2) is 6.44. The van der Waals surface area contributed by atoms with Crippen LogP contribution in [0.25, 0.3) is 0 Å². The van der Waals surface area contributed by atoms with Crippen LogP contribution in [-0.4, -0.2) is 62.3 Å². The molecule has 2 aliphatic rings. The summed E-state index contributed by atoms with van der Waals surface area (Å²) in [6.45, 7) is 2.56. The fourth-order valence-corrected chi connectivity index (χ4v) is 4.43. The third-order valence-electron chi connectivity index (χ3n) is 4.73. The Morgan fingerprint density at radius 2 is 1.83 bits per heavy atom. The highest BCUT2D eigenvalue weighted by Crippen LogP contribution is 2.32. The Morgan fingerprint density at radius 3 is 2.46 bits per heavy atom. The number of piperazine rings is 1. The van der Waals surface area contributed by atoms with Crippen molar-refractivity contribution in [3.63, 3.8) is 0 Å². The smallest absolute Gasteiger partial charge is 0.243 e. The number of nitrogens with two attached hydrogens (primary N) is 1. The standard InChI is InChI=1S/C16H24N4O3S/c1-19-8-10-20(11-9-19)24(22,23)14-5-3-2-4-13(14)12-18-15(21)16(17)6-7-16/h2-5H,6-12,17H2,1H3,(H,18,21). The second-order valence-electron chi connectivity index (χ2n) is 6.65. The van der Waals surface area contributed by atoms with Gasteiger partial charge in [0.2, 0.25) is 15.9 Å². The zero-order chi connectivity index (χ0) is 17.4. The van der Waals surface area contributed by atoms with Crippen LogP contribution in [0, 0.1) is 0 Å². The number of benzene rings is 1. The lowest BCUT2D eigenvalue weighted by molar-refractivity contribution is -0.123. The fraction of sp³-hybridized carbons (Fsp3) is 0.562. The van der Waals surface area contributed by atoms with Crippen LogP contribution in [0.4, 0.5) is 0 Å². The molecular weight excluding hydrogens is 328 g/mol. The van der Waals surface area contributed by atoms with Gasteiger partial charge in [-0.1, -0.05) is 18.2 Å². The number of carbonyl (C=O) groups is 1. The lowest BCUT2D eigenvalue weighted by Gasteiger charge is -2.32. The van der Waals surface area contributed by atoms with Crippen molar-refractivity contribution < 1.29 is 13.2 Å². The Balaban J connectivity index is 1.76. The van der Waals surface area contributed by atoms with Crippen LogP contribution in [0.15, 0.2) is 29.2 Å². The molecule has 1 aromatic carbocycles. The first-order valence-electron chi connectivity index (χ1n) is 8.17. The van der Waals surface area contributed by atoms with Crippen molar-refractivity contribution in [1.82, 2.24) is 14.5 Å². The van der Waals surface area contributed by atoms with Gasteiger partial charge in [0, 0.05) is 32.7 Å². The third kappa shape index (κ3) is 3.46. The summed E-state index contributed by atoms with van der Waals surface area (Å²) in [5, 5.41) is 2.77. The molecule has 1 saturated carbocycles. The van der Waals surface area contributed by atoms with Gasteiger partial charge in [0.1, 0.15) is 0 Å². The lowest BCUT2D eigenvalue weighted by atomic mass is 10.2. The largest absolute Gasteiger partial charge is 0.350 e. The van der Waals surface area contributed by atoms with Crippen molar-refractivity contribution in [2.75, 3.05) is 33.2 Å². The molecule has 0 unspecified atom stereocenters. The van der Waals surface area contributed by atoms with Gasteiger partial charge in [-0.15, -0.1) is 0 Å². The molecule has 1 amide bonds. The van der Waals surface area contributed by atoms with E-state index in [0.717, 1.165) is 0 Å². The number of nitrogens with one attached hydrogen (secondary N) is 1. The van der Waals surface area contributed by atoms with Crippen molar-refractivity contribution in [3.8, 4) is 0 Å². The topological polar surface area (TPSA) is 95.7 Å². The molecule has 1 saturated heterocycles. The van der Waals surface area contributed by atoms with Gasteiger partial charge in [-0.2, -0.15) is 4.31 Å². The van der Waals surface area contributed by atoms with Crippen molar-refractivity contribution in [2.24, 2.45) is 5.73 Å². The Hall–Kier alpha value is -1.48. The molecule has 7 nitrogen and oxygen atoms in total. The molecule has 2 fully saturated rings. The molecule has 1 aliphatic heterocycles. The Labute approximate surface area is 142 Å². The molecule has 1 aliphatic carbocycles. The molecule has 8 heteroatoms. The summed E-state index contributed by atoms with van der Waals surface area (Å²) in [4.78, 5) is 14.4. The van der Waals surface area contributed by atoms with Gasteiger partial charge in [0.05, 0.1) is 10.4 Å². The Morgan fingerprint density at radius 1 is 1.21 bits per heavy atom. The fourth-order valence-electron chi connectivity index (χ4n) is 2.78. The van der Waals surface area contributed by atoms with E-state index < -0.39 is 15.6 Å². The minimum absolute atomic E-state index is 0.168. The maximum Gasteiger partial charge on any atom is 0.243 e. The normalized spacial score (nSPS) is 21.4. The first-order chi connectivity index (χ1) is 11.3. The number of likely N-dealkylation sites (N-methyl/N-ethyl adjacent to an activating group) is 1. The monoisotopic (exact) mass is 352 g/mol. The van der Waals surface area contributed by atoms with Gasteiger partial charge < -0.3 is 16.0 Å².